The van der Waals surface area contributed by atoms with Crippen molar-refractivity contribution in [3.63, 3.8) is 0 Å². The van der Waals surface area contributed by atoms with Gasteiger partial charge in [0.1, 0.15) is 0 Å². The third-order valence-corrected chi connectivity index (χ3v) is 9.53. The lowest BCUT2D eigenvalue weighted by Crippen LogP contribution is -2.52. The molecule has 0 spiro atoms. The largest absolute Gasteiger partial charge is 0.372 e. The second-order valence-electron chi connectivity index (χ2n) is 10.8. The summed E-state index contributed by atoms with van der Waals surface area (Å²) in [6.45, 7) is 16.5. The molecule has 0 aliphatic carbocycles. The number of hydrogen-bond acceptors (Lipinski definition) is 5. The Hall–Kier alpha value is -2.18. The third-order valence-electron chi connectivity index (χ3n) is 6.95. The van der Waals surface area contributed by atoms with Crippen LogP contribution in [0.25, 0.3) is 0 Å². The quantitative estimate of drug-likeness (QED) is 0.510. The van der Waals surface area contributed by atoms with Gasteiger partial charge in [-0.1, -0.05) is 30.3 Å². The van der Waals surface area contributed by atoms with Crippen LogP contribution in [0.3, 0.4) is 0 Å². The SMILES string of the molecule is Cc1cc(N2C[C@H](C)O[C@H](C)C2C)c(C)cc1CC(=O)c1ccc(CS(=O)(=O)C(C)(C)C)cc1. The molecular weight excluding hydrogens is 446 g/mol. The first-order valence-corrected chi connectivity index (χ1v) is 13.7. The van der Waals surface area contributed by atoms with Gasteiger partial charge in [0.25, 0.3) is 0 Å². The van der Waals surface area contributed by atoms with Crippen LogP contribution in [-0.2, 0) is 26.7 Å². The van der Waals surface area contributed by atoms with Crippen molar-refractivity contribution in [2.45, 2.75) is 90.6 Å². The first-order chi connectivity index (χ1) is 15.7. The van der Waals surface area contributed by atoms with Gasteiger partial charge in [-0.05, 0) is 83.7 Å². The summed E-state index contributed by atoms with van der Waals surface area (Å²) in [6.07, 6.45) is 0.650. The topological polar surface area (TPSA) is 63.7 Å². The van der Waals surface area contributed by atoms with E-state index in [0.717, 1.165) is 23.2 Å². The number of carbonyl (C=O) groups excluding carboxylic acids is 1. The van der Waals surface area contributed by atoms with Gasteiger partial charge in [0.2, 0.25) is 0 Å². The Morgan fingerprint density at radius 1 is 1.03 bits per heavy atom. The predicted molar refractivity (Wildman–Crippen MR) is 140 cm³/mol. The van der Waals surface area contributed by atoms with Gasteiger partial charge in [0.15, 0.2) is 15.6 Å². The van der Waals surface area contributed by atoms with Crippen molar-refractivity contribution < 1.29 is 17.9 Å². The van der Waals surface area contributed by atoms with Crippen molar-refractivity contribution in [3.8, 4) is 0 Å². The Bertz CT molecular complexity index is 1150. The summed E-state index contributed by atoms with van der Waals surface area (Å²) in [6, 6.07) is 11.6. The van der Waals surface area contributed by atoms with Gasteiger partial charge in [-0.25, -0.2) is 8.42 Å². The molecule has 0 saturated carbocycles. The fourth-order valence-electron chi connectivity index (χ4n) is 4.40. The molecule has 0 amide bonds. The molecular formula is C28H39NO4S. The lowest BCUT2D eigenvalue weighted by atomic mass is 9.95. The van der Waals surface area contributed by atoms with E-state index in [9.17, 15) is 13.2 Å². The normalized spacial score (nSPS) is 21.5. The number of rotatable bonds is 6. The Morgan fingerprint density at radius 2 is 1.65 bits per heavy atom. The van der Waals surface area contributed by atoms with E-state index in [-0.39, 0.29) is 29.8 Å². The van der Waals surface area contributed by atoms with E-state index in [0.29, 0.717) is 17.5 Å². The first kappa shape index (κ1) is 26.4. The minimum atomic E-state index is -3.26. The van der Waals surface area contributed by atoms with Gasteiger partial charge in [-0.15, -0.1) is 0 Å². The number of morpholine rings is 1. The molecule has 1 aliphatic rings. The summed E-state index contributed by atoms with van der Waals surface area (Å²) in [5, 5.41) is 0. The standard InChI is InChI=1S/C28H39NO4S/c1-18-14-26(29-16-20(3)33-22(5)21(29)4)19(2)13-25(18)15-27(30)24-11-9-23(10-12-24)17-34(31,32)28(6,7)8/h9-14,20-22H,15-17H2,1-8H3/t20-,21?,22+/m0/s1. The highest BCUT2D eigenvalue weighted by Gasteiger charge is 2.31. The molecule has 0 N–H and O–H groups in total. The monoisotopic (exact) mass is 485 g/mol. The fraction of sp³-hybridized carbons (Fsp3) is 0.536. The van der Waals surface area contributed by atoms with Crippen molar-refractivity contribution in [2.75, 3.05) is 11.4 Å². The third kappa shape index (κ3) is 5.72. The van der Waals surface area contributed by atoms with Gasteiger partial charge in [-0.3, -0.25) is 4.79 Å². The molecule has 1 aliphatic heterocycles. The van der Waals surface area contributed by atoms with Crippen LogP contribution >= 0.6 is 0 Å². The zero-order chi connectivity index (χ0) is 25.4. The molecule has 0 radical (unpaired) electrons. The van der Waals surface area contributed by atoms with E-state index in [2.05, 4.69) is 51.7 Å². The molecule has 1 unspecified atom stereocenters. The average molecular weight is 486 g/mol. The highest BCUT2D eigenvalue weighted by Crippen LogP contribution is 2.31. The maximum absolute atomic E-state index is 13.0. The minimum absolute atomic E-state index is 0.0259. The molecule has 0 bridgehead atoms. The summed E-state index contributed by atoms with van der Waals surface area (Å²) >= 11 is 0. The molecule has 2 aromatic carbocycles. The number of ether oxygens (including phenoxy) is 1. The maximum atomic E-state index is 13.0. The molecule has 3 rings (SSSR count). The summed E-state index contributed by atoms with van der Waals surface area (Å²) in [7, 11) is -3.26. The van der Waals surface area contributed by atoms with Crippen molar-refractivity contribution in [1.82, 2.24) is 0 Å². The number of hydrogen-bond donors (Lipinski definition) is 0. The zero-order valence-corrected chi connectivity index (χ0v) is 22.6. The molecule has 3 atom stereocenters. The summed E-state index contributed by atoms with van der Waals surface area (Å²) < 4.78 is 30.1. The van der Waals surface area contributed by atoms with Crippen molar-refractivity contribution in [3.05, 3.63) is 64.2 Å². The van der Waals surface area contributed by atoms with Gasteiger partial charge >= 0.3 is 0 Å². The van der Waals surface area contributed by atoms with E-state index in [1.807, 2.05) is 0 Å². The van der Waals surface area contributed by atoms with Gasteiger partial charge in [-0.2, -0.15) is 0 Å². The van der Waals surface area contributed by atoms with Crippen LogP contribution in [0.5, 0.6) is 0 Å². The number of Topliss-reactive ketones (excluding diaryl/α,β-unsaturated/α-hetero) is 1. The number of sulfone groups is 1. The summed E-state index contributed by atoms with van der Waals surface area (Å²) in [5.74, 6) is 0.00420. The Balaban J connectivity index is 1.76. The lowest BCUT2D eigenvalue weighted by Gasteiger charge is -2.43. The van der Waals surface area contributed by atoms with E-state index < -0.39 is 14.6 Å². The average Bonchev–Trinajstić information content (AvgIpc) is 2.72. The Labute approximate surface area is 205 Å². The number of benzene rings is 2. The molecule has 5 nitrogen and oxygen atoms in total. The molecule has 1 fully saturated rings. The lowest BCUT2D eigenvalue weighted by molar-refractivity contribution is -0.0258. The van der Waals surface area contributed by atoms with Crippen LogP contribution in [-0.4, -0.2) is 43.7 Å². The number of nitrogens with zero attached hydrogens (tertiary/aromatic N) is 1. The number of ketones is 1. The van der Waals surface area contributed by atoms with E-state index in [1.54, 1.807) is 45.0 Å². The highest BCUT2D eigenvalue weighted by molar-refractivity contribution is 7.91. The first-order valence-electron chi connectivity index (χ1n) is 12.1. The summed E-state index contributed by atoms with van der Waals surface area (Å²) in [4.78, 5) is 15.4. The maximum Gasteiger partial charge on any atom is 0.167 e. The van der Waals surface area contributed by atoms with Gasteiger partial charge < -0.3 is 9.64 Å². The van der Waals surface area contributed by atoms with Crippen LogP contribution in [0.4, 0.5) is 5.69 Å². The number of aryl methyl sites for hydroxylation is 2. The second kappa shape index (κ2) is 9.82. The molecule has 1 saturated heterocycles. The molecule has 34 heavy (non-hydrogen) atoms. The van der Waals surface area contributed by atoms with Crippen LogP contribution in [0.1, 0.15) is 74.2 Å². The van der Waals surface area contributed by atoms with Crippen LogP contribution in [0.2, 0.25) is 0 Å². The minimum Gasteiger partial charge on any atom is -0.372 e. The highest BCUT2D eigenvalue weighted by atomic mass is 32.2. The zero-order valence-electron chi connectivity index (χ0n) is 21.8. The van der Waals surface area contributed by atoms with Crippen LogP contribution in [0, 0.1) is 13.8 Å². The molecule has 6 heteroatoms. The molecule has 2 aromatic rings. The van der Waals surface area contributed by atoms with Gasteiger partial charge in [0.05, 0.1) is 28.7 Å². The number of carbonyl (C=O) groups is 1. The summed E-state index contributed by atoms with van der Waals surface area (Å²) in [5.41, 5.74) is 5.78. The smallest absolute Gasteiger partial charge is 0.167 e. The Morgan fingerprint density at radius 3 is 2.24 bits per heavy atom. The van der Waals surface area contributed by atoms with Crippen LogP contribution < -0.4 is 4.90 Å². The van der Waals surface area contributed by atoms with E-state index in [1.165, 1.54) is 5.69 Å². The van der Waals surface area contributed by atoms with Crippen molar-refractivity contribution >= 4 is 21.3 Å². The molecule has 1 heterocycles. The fourth-order valence-corrected chi connectivity index (χ4v) is 5.46. The van der Waals surface area contributed by atoms with E-state index in [4.69, 9.17) is 4.74 Å². The van der Waals surface area contributed by atoms with Gasteiger partial charge in [0, 0.05) is 24.2 Å². The van der Waals surface area contributed by atoms with Crippen molar-refractivity contribution in [2.24, 2.45) is 0 Å². The van der Waals surface area contributed by atoms with E-state index >= 15 is 0 Å². The van der Waals surface area contributed by atoms with Crippen LogP contribution in [0.15, 0.2) is 36.4 Å². The predicted octanol–water partition coefficient (Wildman–Crippen LogP) is 5.44. The second-order valence-corrected chi connectivity index (χ2v) is 13.5. The van der Waals surface area contributed by atoms with Crippen molar-refractivity contribution in [1.29, 1.82) is 0 Å². The molecule has 0 aromatic heterocycles. The number of anilines is 1. The Kier molecular flexibility index (Phi) is 7.63. The molecule has 186 valence electrons.